The van der Waals surface area contributed by atoms with Crippen LogP contribution in [-0.4, -0.2) is 36.7 Å². The van der Waals surface area contributed by atoms with Crippen molar-refractivity contribution in [1.82, 2.24) is 10.3 Å². The largest absolute Gasteiger partial charge is 0.316 e. The third kappa shape index (κ3) is 0.806. The summed E-state index contributed by atoms with van der Waals surface area (Å²) in [6.45, 7) is 0. The molecule has 5 nitrogen and oxygen atoms in total. The van der Waals surface area contributed by atoms with Gasteiger partial charge >= 0.3 is 0 Å². The molecule has 0 aromatic carbocycles. The molecule has 5 heteroatoms. The molecule has 0 fully saturated rings. The highest BCUT2D eigenvalue weighted by Crippen LogP contribution is 2.18. The molecule has 2 atom stereocenters. The van der Waals surface area contributed by atoms with E-state index < -0.39 is 0 Å². The molecule has 0 aromatic rings. The number of hydrogen-bond donors (Lipinski definition) is 1. The van der Waals surface area contributed by atoms with Gasteiger partial charge in [-0.15, -0.1) is 0 Å². The number of rotatable bonds is 0. The molecule has 2 aliphatic heterocycles. The summed E-state index contributed by atoms with van der Waals surface area (Å²) in [5, 5.41) is 8.17. The second kappa shape index (κ2) is 2.05. The van der Waals surface area contributed by atoms with E-state index in [2.05, 4.69) is 15.4 Å². The highest BCUT2D eigenvalue weighted by Gasteiger charge is 2.35. The Morgan fingerprint density at radius 3 is 3.27 bits per heavy atom. The Morgan fingerprint density at radius 2 is 2.55 bits per heavy atom. The highest BCUT2D eigenvalue weighted by molar-refractivity contribution is 6.01. The van der Waals surface area contributed by atoms with Gasteiger partial charge in [0.1, 0.15) is 5.92 Å². The smallest absolute Gasteiger partial charge is 0.237 e. The van der Waals surface area contributed by atoms with Gasteiger partial charge in [0.2, 0.25) is 5.91 Å². The SMILES string of the molecule is CN1N=CC2C(=O)NC=NC21. The van der Waals surface area contributed by atoms with Crippen LogP contribution in [0.25, 0.3) is 0 Å². The number of aliphatic imine (C=N–C) groups is 1. The summed E-state index contributed by atoms with van der Waals surface area (Å²) in [7, 11) is 1.80. The van der Waals surface area contributed by atoms with Crippen molar-refractivity contribution in [3.8, 4) is 0 Å². The van der Waals surface area contributed by atoms with Crippen LogP contribution in [0.15, 0.2) is 10.1 Å². The Balaban J connectivity index is 2.29. The fraction of sp³-hybridized carbons (Fsp3) is 0.500. The Labute approximate surface area is 63.8 Å². The molecule has 11 heavy (non-hydrogen) atoms. The van der Waals surface area contributed by atoms with Gasteiger partial charge in [0.15, 0.2) is 6.17 Å². The number of nitrogens with zero attached hydrogens (tertiary/aromatic N) is 3. The van der Waals surface area contributed by atoms with Crippen LogP contribution in [0, 0.1) is 5.92 Å². The van der Waals surface area contributed by atoms with Crippen molar-refractivity contribution in [2.45, 2.75) is 6.17 Å². The molecule has 0 saturated carbocycles. The van der Waals surface area contributed by atoms with Crippen LogP contribution in [0.1, 0.15) is 0 Å². The fourth-order valence-corrected chi connectivity index (χ4v) is 1.22. The van der Waals surface area contributed by atoms with Crippen molar-refractivity contribution in [1.29, 1.82) is 0 Å². The molecule has 0 radical (unpaired) electrons. The Bertz CT molecular complexity index is 247. The third-order valence-electron chi connectivity index (χ3n) is 1.85. The van der Waals surface area contributed by atoms with Crippen molar-refractivity contribution in [2.75, 3.05) is 7.05 Å². The van der Waals surface area contributed by atoms with Gasteiger partial charge in [-0.05, 0) is 0 Å². The van der Waals surface area contributed by atoms with Gasteiger partial charge < -0.3 is 5.32 Å². The van der Waals surface area contributed by atoms with E-state index in [1.54, 1.807) is 18.3 Å². The van der Waals surface area contributed by atoms with E-state index in [0.29, 0.717) is 0 Å². The Morgan fingerprint density at radius 1 is 1.73 bits per heavy atom. The molecule has 2 heterocycles. The summed E-state index contributed by atoms with van der Waals surface area (Å²) in [6.07, 6.45) is 2.93. The average Bonchev–Trinajstić information content (AvgIpc) is 2.35. The predicted octanol–water partition coefficient (Wildman–Crippen LogP) is -0.982. The fourth-order valence-electron chi connectivity index (χ4n) is 1.22. The molecular weight excluding hydrogens is 144 g/mol. The Hall–Kier alpha value is -1.39. The van der Waals surface area contributed by atoms with Crippen LogP contribution < -0.4 is 5.32 Å². The maximum atomic E-state index is 11.1. The lowest BCUT2D eigenvalue weighted by atomic mass is 10.1. The van der Waals surface area contributed by atoms with Crippen LogP contribution in [0.5, 0.6) is 0 Å². The van der Waals surface area contributed by atoms with Crippen molar-refractivity contribution >= 4 is 18.5 Å². The molecule has 0 aliphatic carbocycles. The summed E-state index contributed by atoms with van der Waals surface area (Å²) in [6, 6.07) is 0. The second-order valence-electron chi connectivity index (χ2n) is 2.56. The predicted molar refractivity (Wildman–Crippen MR) is 40.2 cm³/mol. The van der Waals surface area contributed by atoms with Crippen molar-refractivity contribution in [3.05, 3.63) is 0 Å². The van der Waals surface area contributed by atoms with E-state index in [1.165, 1.54) is 6.34 Å². The van der Waals surface area contributed by atoms with E-state index in [-0.39, 0.29) is 18.0 Å². The zero-order chi connectivity index (χ0) is 7.84. The van der Waals surface area contributed by atoms with Gasteiger partial charge in [-0.2, -0.15) is 5.10 Å². The van der Waals surface area contributed by atoms with E-state index >= 15 is 0 Å². The first-order valence-corrected chi connectivity index (χ1v) is 3.38. The first kappa shape index (κ1) is 6.33. The number of carbonyl (C=O) groups excluding carboxylic acids is 1. The molecule has 2 aliphatic rings. The third-order valence-corrected chi connectivity index (χ3v) is 1.85. The molecule has 0 saturated heterocycles. The lowest BCUT2D eigenvalue weighted by Crippen LogP contribution is -2.43. The van der Waals surface area contributed by atoms with E-state index in [1.807, 2.05) is 0 Å². The average molecular weight is 152 g/mol. The van der Waals surface area contributed by atoms with Gasteiger partial charge in [-0.25, -0.2) is 4.99 Å². The van der Waals surface area contributed by atoms with Crippen LogP contribution in [0.2, 0.25) is 0 Å². The normalized spacial score (nSPS) is 33.9. The quantitative estimate of drug-likeness (QED) is 0.485. The summed E-state index contributed by atoms with van der Waals surface area (Å²) in [4.78, 5) is 15.2. The molecule has 0 bridgehead atoms. The van der Waals surface area contributed by atoms with Gasteiger partial charge in [0.25, 0.3) is 0 Å². The molecule has 1 N–H and O–H groups in total. The van der Waals surface area contributed by atoms with Crippen LogP contribution in [-0.2, 0) is 4.79 Å². The maximum Gasteiger partial charge on any atom is 0.237 e. The minimum atomic E-state index is -0.204. The summed E-state index contributed by atoms with van der Waals surface area (Å²) in [5.41, 5.74) is 0. The summed E-state index contributed by atoms with van der Waals surface area (Å²) >= 11 is 0. The van der Waals surface area contributed by atoms with Crippen LogP contribution in [0.3, 0.4) is 0 Å². The maximum absolute atomic E-state index is 11.1. The first-order chi connectivity index (χ1) is 5.29. The van der Waals surface area contributed by atoms with Crippen molar-refractivity contribution in [3.63, 3.8) is 0 Å². The number of carbonyl (C=O) groups is 1. The summed E-state index contributed by atoms with van der Waals surface area (Å²) < 4.78 is 0. The Kier molecular flexibility index (Phi) is 1.18. The monoisotopic (exact) mass is 152 g/mol. The second-order valence-corrected chi connectivity index (χ2v) is 2.56. The van der Waals surface area contributed by atoms with Crippen molar-refractivity contribution in [2.24, 2.45) is 16.0 Å². The zero-order valence-electron chi connectivity index (χ0n) is 6.06. The molecule has 2 rings (SSSR count). The minimum Gasteiger partial charge on any atom is -0.316 e. The zero-order valence-corrected chi connectivity index (χ0v) is 6.06. The topological polar surface area (TPSA) is 57.1 Å². The molecule has 1 amide bonds. The number of nitrogens with one attached hydrogen (secondary N) is 1. The van der Waals surface area contributed by atoms with Crippen LogP contribution >= 0.6 is 0 Å². The highest BCUT2D eigenvalue weighted by atomic mass is 16.2. The molecular formula is C6H8N4O. The number of amides is 1. The van der Waals surface area contributed by atoms with Gasteiger partial charge in [0, 0.05) is 13.3 Å². The van der Waals surface area contributed by atoms with Gasteiger partial charge in [0.05, 0.1) is 6.34 Å². The molecule has 58 valence electrons. The number of fused-ring (bicyclic) bond motifs is 1. The summed E-state index contributed by atoms with van der Waals surface area (Å²) in [5.74, 6) is -0.233. The lowest BCUT2D eigenvalue weighted by molar-refractivity contribution is -0.122. The van der Waals surface area contributed by atoms with Gasteiger partial charge in [-0.1, -0.05) is 0 Å². The molecule has 0 spiro atoms. The minimum absolute atomic E-state index is 0.0295. The number of hydrogen-bond acceptors (Lipinski definition) is 4. The number of hydrazone groups is 1. The first-order valence-electron chi connectivity index (χ1n) is 3.38. The van der Waals surface area contributed by atoms with Crippen molar-refractivity contribution < 1.29 is 4.79 Å². The molecule has 0 aromatic heterocycles. The van der Waals surface area contributed by atoms with E-state index in [0.717, 1.165) is 0 Å². The van der Waals surface area contributed by atoms with Gasteiger partial charge in [-0.3, -0.25) is 9.80 Å². The lowest BCUT2D eigenvalue weighted by Gasteiger charge is -2.22. The van der Waals surface area contributed by atoms with E-state index in [4.69, 9.17) is 0 Å². The standard InChI is InChI=1S/C6H8N4O/c1-10-5-4(2-9-10)6(11)8-3-7-5/h2-5H,1H3,(H,7,8,11). The molecule has 2 unspecified atom stereocenters. The van der Waals surface area contributed by atoms with Crippen LogP contribution in [0.4, 0.5) is 0 Å². The van der Waals surface area contributed by atoms with E-state index in [9.17, 15) is 4.79 Å².